The first-order valence-electron chi connectivity index (χ1n) is 6.57. The monoisotopic (exact) mass is 324 g/mol. The Kier molecular flexibility index (Phi) is 4.95. The first-order chi connectivity index (χ1) is 10.4. The fraction of sp³-hybridized carbons (Fsp3) is 0.267. The smallest absolute Gasteiger partial charge is 0.319 e. The van der Waals surface area contributed by atoms with E-state index in [1.165, 1.54) is 13.4 Å². The zero-order valence-electron chi connectivity index (χ0n) is 12.2. The number of urea groups is 1. The molecule has 0 fully saturated rings. The van der Waals surface area contributed by atoms with E-state index in [0.29, 0.717) is 22.2 Å². The lowest BCUT2D eigenvalue weighted by molar-refractivity contribution is 0.0372. The number of nitrogens with one attached hydrogen (secondary N) is 2. The fourth-order valence-electron chi connectivity index (χ4n) is 1.87. The van der Waals surface area contributed by atoms with Gasteiger partial charge in [-0.1, -0.05) is 11.6 Å². The molecule has 1 heterocycles. The van der Waals surface area contributed by atoms with Gasteiger partial charge in [0.1, 0.15) is 17.1 Å². The third-order valence-corrected chi connectivity index (χ3v) is 3.29. The predicted molar refractivity (Wildman–Crippen MR) is 83.3 cm³/mol. The number of ether oxygens (including phenoxy) is 1. The van der Waals surface area contributed by atoms with Crippen LogP contribution in [0.4, 0.5) is 10.5 Å². The number of halogens is 1. The minimum Gasteiger partial charge on any atom is -0.495 e. The van der Waals surface area contributed by atoms with Crippen LogP contribution in [-0.2, 0) is 5.60 Å². The molecule has 0 aliphatic carbocycles. The van der Waals surface area contributed by atoms with Crippen molar-refractivity contribution in [3.63, 3.8) is 0 Å². The van der Waals surface area contributed by atoms with Crippen LogP contribution in [-0.4, -0.2) is 24.8 Å². The van der Waals surface area contributed by atoms with Crippen LogP contribution in [0.15, 0.2) is 41.0 Å². The minimum atomic E-state index is -1.31. The van der Waals surface area contributed by atoms with Gasteiger partial charge < -0.3 is 24.9 Å². The molecule has 2 rings (SSSR count). The van der Waals surface area contributed by atoms with Gasteiger partial charge in [-0.3, -0.25) is 0 Å². The Morgan fingerprint density at radius 1 is 1.45 bits per heavy atom. The van der Waals surface area contributed by atoms with E-state index in [1.807, 2.05) is 0 Å². The Labute approximate surface area is 133 Å². The maximum absolute atomic E-state index is 11.9. The molecular weight excluding hydrogens is 308 g/mol. The molecule has 2 amide bonds. The van der Waals surface area contributed by atoms with E-state index in [4.69, 9.17) is 20.8 Å². The van der Waals surface area contributed by atoms with Gasteiger partial charge in [0.25, 0.3) is 0 Å². The van der Waals surface area contributed by atoms with Crippen molar-refractivity contribution in [3.8, 4) is 5.75 Å². The van der Waals surface area contributed by atoms with E-state index in [-0.39, 0.29) is 6.54 Å². The average molecular weight is 325 g/mol. The number of rotatable bonds is 5. The quantitative estimate of drug-likeness (QED) is 0.789. The zero-order valence-corrected chi connectivity index (χ0v) is 13.0. The standard InChI is InChI=1S/C15H17ClN2O4/c1-15(20,13-4-3-7-22-13)9-17-14(19)18-11-8-10(16)5-6-12(11)21-2/h3-8,20H,9H2,1-2H3,(H2,17,18,19)/t15-/m1/s1. The van der Waals surface area contributed by atoms with Gasteiger partial charge in [0.2, 0.25) is 0 Å². The number of furan rings is 1. The van der Waals surface area contributed by atoms with Crippen molar-refractivity contribution in [1.82, 2.24) is 5.32 Å². The zero-order chi connectivity index (χ0) is 16.2. The number of methoxy groups -OCH3 is 1. The highest BCUT2D eigenvalue weighted by Gasteiger charge is 2.26. The predicted octanol–water partition coefficient (Wildman–Crippen LogP) is 2.97. The molecule has 0 bridgehead atoms. The molecule has 1 aromatic heterocycles. The van der Waals surface area contributed by atoms with Crippen molar-refractivity contribution in [1.29, 1.82) is 0 Å². The summed E-state index contributed by atoms with van der Waals surface area (Å²) in [5.41, 5.74) is -0.871. The molecule has 0 spiro atoms. The summed E-state index contributed by atoms with van der Waals surface area (Å²) < 4.78 is 10.3. The number of carbonyl (C=O) groups excluding carboxylic acids is 1. The first-order valence-corrected chi connectivity index (χ1v) is 6.95. The summed E-state index contributed by atoms with van der Waals surface area (Å²) in [6.45, 7) is 1.53. The van der Waals surface area contributed by atoms with Gasteiger partial charge in [0.15, 0.2) is 0 Å². The third kappa shape index (κ3) is 3.93. The van der Waals surface area contributed by atoms with Crippen molar-refractivity contribution in [2.24, 2.45) is 0 Å². The van der Waals surface area contributed by atoms with Gasteiger partial charge in [-0.15, -0.1) is 0 Å². The molecule has 0 radical (unpaired) electrons. The van der Waals surface area contributed by atoms with E-state index < -0.39 is 11.6 Å². The van der Waals surface area contributed by atoms with Crippen LogP contribution < -0.4 is 15.4 Å². The molecule has 0 saturated carbocycles. The Morgan fingerprint density at radius 2 is 2.23 bits per heavy atom. The van der Waals surface area contributed by atoms with Crippen LogP contribution in [0.25, 0.3) is 0 Å². The molecule has 0 saturated heterocycles. The number of amides is 2. The van der Waals surface area contributed by atoms with Crippen LogP contribution in [0.2, 0.25) is 5.02 Å². The lowest BCUT2D eigenvalue weighted by Gasteiger charge is -2.21. The molecule has 22 heavy (non-hydrogen) atoms. The van der Waals surface area contributed by atoms with E-state index in [1.54, 1.807) is 37.3 Å². The van der Waals surface area contributed by atoms with Gasteiger partial charge in [-0.25, -0.2) is 4.79 Å². The number of hydrogen-bond donors (Lipinski definition) is 3. The molecule has 7 heteroatoms. The number of hydrogen-bond acceptors (Lipinski definition) is 4. The van der Waals surface area contributed by atoms with Crippen molar-refractivity contribution >= 4 is 23.3 Å². The van der Waals surface area contributed by atoms with Gasteiger partial charge in [-0.05, 0) is 37.3 Å². The molecule has 1 aromatic carbocycles. The van der Waals surface area contributed by atoms with Gasteiger partial charge in [0, 0.05) is 5.02 Å². The highest BCUT2D eigenvalue weighted by atomic mass is 35.5. The molecule has 118 valence electrons. The number of benzene rings is 1. The summed E-state index contributed by atoms with van der Waals surface area (Å²) in [4.78, 5) is 11.9. The van der Waals surface area contributed by atoms with Crippen LogP contribution in [0.5, 0.6) is 5.75 Å². The fourth-order valence-corrected chi connectivity index (χ4v) is 2.04. The van der Waals surface area contributed by atoms with Crippen LogP contribution in [0.3, 0.4) is 0 Å². The Morgan fingerprint density at radius 3 is 2.86 bits per heavy atom. The number of anilines is 1. The minimum absolute atomic E-state index is 0.0186. The van der Waals surface area contributed by atoms with Crippen molar-refractivity contribution < 1.29 is 19.1 Å². The highest BCUT2D eigenvalue weighted by Crippen LogP contribution is 2.27. The summed E-state index contributed by atoms with van der Waals surface area (Å²) in [7, 11) is 1.49. The van der Waals surface area contributed by atoms with E-state index in [9.17, 15) is 9.90 Å². The topological polar surface area (TPSA) is 83.7 Å². The summed E-state index contributed by atoms with van der Waals surface area (Å²) in [6, 6.07) is 7.69. The molecule has 0 aliphatic heterocycles. The molecule has 2 aromatic rings. The van der Waals surface area contributed by atoms with E-state index in [2.05, 4.69) is 10.6 Å². The SMILES string of the molecule is COc1ccc(Cl)cc1NC(=O)NC[C@@](C)(O)c1ccco1. The normalized spacial score (nSPS) is 13.3. The molecule has 1 atom stereocenters. The first kappa shape index (κ1) is 16.2. The Hall–Kier alpha value is -2.18. The second kappa shape index (κ2) is 6.72. The summed E-state index contributed by atoms with van der Waals surface area (Å²) in [5.74, 6) is 0.852. The van der Waals surface area contributed by atoms with Gasteiger partial charge in [0.05, 0.1) is 25.6 Å². The maximum Gasteiger partial charge on any atom is 0.319 e. The Balaban J connectivity index is 1.98. The largest absolute Gasteiger partial charge is 0.495 e. The van der Waals surface area contributed by atoms with Crippen LogP contribution in [0, 0.1) is 0 Å². The summed E-state index contributed by atoms with van der Waals surface area (Å²) in [6.07, 6.45) is 1.46. The Bertz CT molecular complexity index is 641. The molecule has 0 unspecified atom stereocenters. The molecule has 3 N–H and O–H groups in total. The maximum atomic E-state index is 11.9. The molecule has 6 nitrogen and oxygen atoms in total. The van der Waals surface area contributed by atoms with Gasteiger partial charge >= 0.3 is 6.03 Å². The second-order valence-electron chi connectivity index (χ2n) is 4.90. The van der Waals surface area contributed by atoms with Crippen molar-refractivity contribution in [2.75, 3.05) is 19.0 Å². The average Bonchev–Trinajstić information content (AvgIpc) is 3.01. The lowest BCUT2D eigenvalue weighted by atomic mass is 10.0. The van der Waals surface area contributed by atoms with Crippen molar-refractivity contribution in [2.45, 2.75) is 12.5 Å². The lowest BCUT2D eigenvalue weighted by Crippen LogP contribution is -2.40. The highest BCUT2D eigenvalue weighted by molar-refractivity contribution is 6.31. The molecular formula is C15H17ClN2O4. The van der Waals surface area contributed by atoms with Crippen LogP contribution in [0.1, 0.15) is 12.7 Å². The summed E-state index contributed by atoms with van der Waals surface area (Å²) >= 11 is 5.89. The second-order valence-corrected chi connectivity index (χ2v) is 5.34. The number of carbonyl (C=O) groups is 1. The van der Waals surface area contributed by atoms with E-state index in [0.717, 1.165) is 0 Å². The summed E-state index contributed by atoms with van der Waals surface area (Å²) in [5, 5.41) is 15.9. The van der Waals surface area contributed by atoms with Gasteiger partial charge in [-0.2, -0.15) is 0 Å². The van der Waals surface area contributed by atoms with Crippen LogP contribution >= 0.6 is 11.6 Å². The number of aliphatic hydroxyl groups is 1. The van der Waals surface area contributed by atoms with Crippen molar-refractivity contribution in [3.05, 3.63) is 47.4 Å². The molecule has 0 aliphatic rings. The third-order valence-electron chi connectivity index (χ3n) is 3.05. The van der Waals surface area contributed by atoms with E-state index >= 15 is 0 Å².